The number of halogens is 2. The third-order valence-corrected chi connectivity index (χ3v) is 4.01. The number of benzene rings is 1. The van der Waals surface area contributed by atoms with Crippen LogP contribution in [0.2, 0.25) is 5.02 Å². The number of hydrogen-bond donors (Lipinski definition) is 0. The van der Waals surface area contributed by atoms with Gasteiger partial charge in [-0.3, -0.25) is 9.69 Å². The fraction of sp³-hybridized carbons (Fsp3) is 0.533. The van der Waals surface area contributed by atoms with Gasteiger partial charge in [0.05, 0.1) is 0 Å². The molecule has 0 spiro atoms. The van der Waals surface area contributed by atoms with E-state index in [9.17, 15) is 9.18 Å². The van der Waals surface area contributed by atoms with Gasteiger partial charge in [0.25, 0.3) is 0 Å². The summed E-state index contributed by atoms with van der Waals surface area (Å²) < 4.78 is 13.0. The van der Waals surface area contributed by atoms with Crippen LogP contribution in [0.25, 0.3) is 0 Å². The highest BCUT2D eigenvalue weighted by Gasteiger charge is 2.24. The van der Waals surface area contributed by atoms with E-state index in [1.807, 2.05) is 0 Å². The zero-order valence-corrected chi connectivity index (χ0v) is 11.9. The van der Waals surface area contributed by atoms with Gasteiger partial charge in [-0.2, -0.15) is 0 Å². The largest absolute Gasteiger partial charge is 0.300 e. The highest BCUT2D eigenvalue weighted by atomic mass is 35.5. The van der Waals surface area contributed by atoms with Gasteiger partial charge in [0.2, 0.25) is 0 Å². The predicted octanol–water partition coefficient (Wildman–Crippen LogP) is 3.81. The first-order valence-electron chi connectivity index (χ1n) is 6.73. The molecule has 1 atom stereocenters. The normalized spacial score (nSPS) is 20.5. The number of nitrogens with zero attached hydrogens (tertiary/aromatic N) is 1. The minimum atomic E-state index is -0.312. The maximum Gasteiger partial charge on any atom is 0.131 e. The van der Waals surface area contributed by atoms with E-state index in [1.165, 1.54) is 18.6 Å². The Labute approximate surface area is 118 Å². The zero-order valence-electron chi connectivity index (χ0n) is 11.2. The van der Waals surface area contributed by atoms with E-state index in [4.69, 9.17) is 11.6 Å². The van der Waals surface area contributed by atoms with Crippen LogP contribution in [0.3, 0.4) is 0 Å². The molecule has 1 unspecified atom stereocenters. The lowest BCUT2D eigenvalue weighted by Gasteiger charge is -2.35. The Kier molecular flexibility index (Phi) is 4.94. The first kappa shape index (κ1) is 14.5. The summed E-state index contributed by atoms with van der Waals surface area (Å²) >= 11 is 6.07. The van der Waals surface area contributed by atoms with E-state index in [0.717, 1.165) is 24.9 Å². The average Bonchev–Trinajstić information content (AvgIpc) is 2.34. The predicted molar refractivity (Wildman–Crippen MR) is 74.8 cm³/mol. The van der Waals surface area contributed by atoms with Crippen molar-refractivity contribution in [1.29, 1.82) is 0 Å². The Balaban J connectivity index is 2.08. The SMILES string of the molecule is CC(=O)CC1CCCCN1Cc1ccc(F)cc1Cl. The molecule has 1 heterocycles. The molecule has 0 aliphatic carbocycles. The van der Waals surface area contributed by atoms with Crippen LogP contribution >= 0.6 is 11.6 Å². The van der Waals surface area contributed by atoms with Gasteiger partial charge in [-0.25, -0.2) is 4.39 Å². The molecule has 1 saturated heterocycles. The van der Waals surface area contributed by atoms with Crippen molar-refractivity contribution in [2.45, 2.75) is 45.2 Å². The average molecular weight is 284 g/mol. The van der Waals surface area contributed by atoms with Crippen LogP contribution in [0.15, 0.2) is 18.2 Å². The van der Waals surface area contributed by atoms with Crippen LogP contribution < -0.4 is 0 Å². The second kappa shape index (κ2) is 6.49. The number of carbonyl (C=O) groups excluding carboxylic acids is 1. The van der Waals surface area contributed by atoms with Crippen molar-refractivity contribution < 1.29 is 9.18 Å². The van der Waals surface area contributed by atoms with Crippen molar-refractivity contribution in [2.75, 3.05) is 6.54 Å². The molecule has 0 amide bonds. The molecule has 0 saturated carbocycles. The van der Waals surface area contributed by atoms with Gasteiger partial charge < -0.3 is 0 Å². The maximum absolute atomic E-state index is 13.0. The van der Waals surface area contributed by atoms with E-state index in [2.05, 4.69) is 4.90 Å². The Bertz CT molecular complexity index is 463. The summed E-state index contributed by atoms with van der Waals surface area (Å²) in [5, 5.41) is 0.465. The molecule has 1 fully saturated rings. The van der Waals surface area contributed by atoms with Crippen molar-refractivity contribution in [3.05, 3.63) is 34.6 Å². The number of rotatable bonds is 4. The Morgan fingerprint density at radius 3 is 2.95 bits per heavy atom. The third-order valence-electron chi connectivity index (χ3n) is 3.66. The van der Waals surface area contributed by atoms with E-state index in [0.29, 0.717) is 24.0 Å². The summed E-state index contributed by atoms with van der Waals surface area (Å²) in [4.78, 5) is 13.6. The number of piperidine rings is 1. The van der Waals surface area contributed by atoms with Gasteiger partial charge in [-0.15, -0.1) is 0 Å². The summed E-state index contributed by atoms with van der Waals surface area (Å²) in [6.07, 6.45) is 3.97. The molecule has 2 rings (SSSR count). The van der Waals surface area contributed by atoms with Crippen molar-refractivity contribution >= 4 is 17.4 Å². The molecule has 1 aromatic rings. The monoisotopic (exact) mass is 283 g/mol. The summed E-state index contributed by atoms with van der Waals surface area (Å²) in [5.41, 5.74) is 0.929. The molecule has 0 aromatic heterocycles. The molecule has 0 radical (unpaired) electrons. The van der Waals surface area contributed by atoms with Gasteiger partial charge in [0.15, 0.2) is 0 Å². The van der Waals surface area contributed by atoms with Gasteiger partial charge in [-0.05, 0) is 44.0 Å². The molecular weight excluding hydrogens is 265 g/mol. The maximum atomic E-state index is 13.0. The van der Waals surface area contributed by atoms with Gasteiger partial charge in [0, 0.05) is 24.0 Å². The van der Waals surface area contributed by atoms with Crippen LogP contribution in [0.5, 0.6) is 0 Å². The van der Waals surface area contributed by atoms with Gasteiger partial charge >= 0.3 is 0 Å². The molecule has 1 aliphatic heterocycles. The molecule has 4 heteroatoms. The lowest BCUT2D eigenvalue weighted by atomic mass is 9.97. The van der Waals surface area contributed by atoms with Crippen molar-refractivity contribution in [1.82, 2.24) is 4.90 Å². The summed E-state index contributed by atoms with van der Waals surface area (Å²) in [6, 6.07) is 4.82. The molecule has 1 aromatic carbocycles. The smallest absolute Gasteiger partial charge is 0.131 e. The second-order valence-electron chi connectivity index (χ2n) is 5.26. The van der Waals surface area contributed by atoms with E-state index < -0.39 is 0 Å². The van der Waals surface area contributed by atoms with Crippen LogP contribution in [-0.4, -0.2) is 23.3 Å². The molecular formula is C15H19ClFNO. The quantitative estimate of drug-likeness (QED) is 0.837. The number of hydrogen-bond acceptors (Lipinski definition) is 2. The first-order chi connectivity index (χ1) is 9.06. The van der Waals surface area contributed by atoms with Crippen molar-refractivity contribution in [3.8, 4) is 0 Å². The fourth-order valence-corrected chi connectivity index (χ4v) is 2.93. The van der Waals surface area contributed by atoms with Crippen molar-refractivity contribution in [3.63, 3.8) is 0 Å². The molecule has 19 heavy (non-hydrogen) atoms. The second-order valence-corrected chi connectivity index (χ2v) is 5.67. The van der Waals surface area contributed by atoms with Crippen LogP contribution in [0, 0.1) is 5.82 Å². The molecule has 104 valence electrons. The summed E-state index contributed by atoms with van der Waals surface area (Å²) in [5.74, 6) is -0.0882. The highest BCUT2D eigenvalue weighted by molar-refractivity contribution is 6.31. The molecule has 1 aliphatic rings. The number of ketones is 1. The lowest BCUT2D eigenvalue weighted by molar-refractivity contribution is -0.118. The van der Waals surface area contributed by atoms with Crippen LogP contribution in [-0.2, 0) is 11.3 Å². The van der Waals surface area contributed by atoms with E-state index in [1.54, 1.807) is 13.0 Å². The van der Waals surface area contributed by atoms with Crippen LogP contribution in [0.1, 0.15) is 38.2 Å². The van der Waals surface area contributed by atoms with Gasteiger partial charge in [0.1, 0.15) is 11.6 Å². The molecule has 0 bridgehead atoms. The number of Topliss-reactive ketones (excluding diaryl/α,β-unsaturated/α-hetero) is 1. The zero-order chi connectivity index (χ0) is 13.8. The summed E-state index contributed by atoms with van der Waals surface area (Å²) in [7, 11) is 0. The third kappa shape index (κ3) is 4.02. The minimum absolute atomic E-state index is 0.224. The number of likely N-dealkylation sites (tertiary alicyclic amines) is 1. The highest BCUT2D eigenvalue weighted by Crippen LogP contribution is 2.25. The van der Waals surface area contributed by atoms with E-state index in [-0.39, 0.29) is 11.6 Å². The Morgan fingerprint density at radius 1 is 1.47 bits per heavy atom. The molecule has 0 N–H and O–H groups in total. The van der Waals surface area contributed by atoms with Crippen LogP contribution in [0.4, 0.5) is 4.39 Å². The topological polar surface area (TPSA) is 20.3 Å². The Hall–Kier alpha value is -0.930. The summed E-state index contributed by atoms with van der Waals surface area (Å²) in [6.45, 7) is 3.31. The molecule has 2 nitrogen and oxygen atoms in total. The lowest BCUT2D eigenvalue weighted by Crippen LogP contribution is -2.40. The first-order valence-corrected chi connectivity index (χ1v) is 7.11. The minimum Gasteiger partial charge on any atom is -0.300 e. The number of carbonyl (C=O) groups is 1. The standard InChI is InChI=1S/C15H19ClFNO/c1-11(19)8-14-4-2-3-7-18(14)10-12-5-6-13(17)9-15(12)16/h5-6,9,14H,2-4,7-8,10H2,1H3. The Morgan fingerprint density at radius 2 is 2.26 bits per heavy atom. The van der Waals surface area contributed by atoms with E-state index >= 15 is 0 Å². The van der Waals surface area contributed by atoms with Crippen molar-refractivity contribution in [2.24, 2.45) is 0 Å². The fourth-order valence-electron chi connectivity index (χ4n) is 2.70. The van der Waals surface area contributed by atoms with Gasteiger partial charge in [-0.1, -0.05) is 24.1 Å².